The molecule has 0 saturated heterocycles. The van der Waals surface area contributed by atoms with Crippen molar-refractivity contribution in [2.75, 3.05) is 18.1 Å². The molecule has 0 unspecified atom stereocenters. The molecular weight excluding hydrogens is 324 g/mol. The Morgan fingerprint density at radius 1 is 1.40 bits per heavy atom. The number of hydrogen-bond donors (Lipinski definition) is 1. The molecule has 1 N–H and O–H groups in total. The van der Waals surface area contributed by atoms with Crippen LogP contribution in [-0.4, -0.2) is 29.1 Å². The lowest BCUT2D eigenvalue weighted by atomic mass is 10.1. The fourth-order valence-electron chi connectivity index (χ4n) is 2.07. The summed E-state index contributed by atoms with van der Waals surface area (Å²) in [4.78, 5) is 18.2. The average molecular weight is 335 g/mol. The topological polar surface area (TPSA) is 62.7 Å². The maximum Gasteiger partial charge on any atom is 0.258 e. The summed E-state index contributed by atoms with van der Waals surface area (Å²) in [6.45, 7) is 0.915. The van der Waals surface area contributed by atoms with Gasteiger partial charge in [-0.15, -0.1) is 0 Å². The van der Waals surface area contributed by atoms with E-state index in [-0.39, 0.29) is 11.7 Å². The Labute approximate surface area is 123 Å². The number of carbonyl (C=O) groups is 1. The number of ether oxygens (including phenoxy) is 1. The minimum Gasteiger partial charge on any atom is -0.507 e. The molecule has 6 heteroatoms. The maximum atomic E-state index is 12.6. The first-order valence-electron chi connectivity index (χ1n) is 6.04. The van der Waals surface area contributed by atoms with Crippen molar-refractivity contribution < 1.29 is 14.6 Å². The van der Waals surface area contributed by atoms with Gasteiger partial charge in [-0.3, -0.25) is 9.78 Å². The van der Waals surface area contributed by atoms with Crippen LogP contribution in [0.3, 0.4) is 0 Å². The third kappa shape index (κ3) is 2.22. The molecule has 0 bridgehead atoms. The van der Waals surface area contributed by atoms with E-state index < -0.39 is 0 Å². The van der Waals surface area contributed by atoms with Crippen LogP contribution >= 0.6 is 15.9 Å². The van der Waals surface area contributed by atoms with Crippen molar-refractivity contribution >= 4 is 27.5 Å². The Hall–Kier alpha value is -2.08. The number of phenolic OH excluding ortho intramolecular Hbond substituents is 1. The number of benzene rings is 1. The summed E-state index contributed by atoms with van der Waals surface area (Å²) in [5.74, 6) is 0.603. The predicted octanol–water partition coefficient (Wildman–Crippen LogP) is 2.59. The van der Waals surface area contributed by atoms with Gasteiger partial charge in [0, 0.05) is 17.8 Å². The molecule has 20 heavy (non-hydrogen) atoms. The summed E-state index contributed by atoms with van der Waals surface area (Å²) in [7, 11) is 0. The Morgan fingerprint density at radius 3 is 3.05 bits per heavy atom. The van der Waals surface area contributed by atoms with Gasteiger partial charge in [-0.25, -0.2) is 0 Å². The smallest absolute Gasteiger partial charge is 0.258 e. The molecule has 2 heterocycles. The molecule has 1 aliphatic rings. The monoisotopic (exact) mass is 334 g/mol. The normalized spacial score (nSPS) is 13.6. The van der Waals surface area contributed by atoms with E-state index in [0.717, 1.165) is 0 Å². The van der Waals surface area contributed by atoms with Crippen LogP contribution < -0.4 is 9.64 Å². The second-order valence-electron chi connectivity index (χ2n) is 4.31. The van der Waals surface area contributed by atoms with E-state index in [0.29, 0.717) is 34.6 Å². The van der Waals surface area contributed by atoms with Gasteiger partial charge in [0.2, 0.25) is 0 Å². The highest BCUT2D eigenvalue weighted by Crippen LogP contribution is 2.32. The summed E-state index contributed by atoms with van der Waals surface area (Å²) in [5, 5.41) is 9.49. The molecule has 1 aromatic heterocycles. The van der Waals surface area contributed by atoms with Crippen LogP contribution in [0.2, 0.25) is 0 Å². The number of pyridine rings is 1. The van der Waals surface area contributed by atoms with Crippen LogP contribution in [0.4, 0.5) is 5.69 Å². The SMILES string of the molecule is O=C(c1ccc(O)c(Br)c1)N1CCOc2ccncc21. The highest BCUT2D eigenvalue weighted by atomic mass is 79.9. The largest absolute Gasteiger partial charge is 0.507 e. The summed E-state index contributed by atoms with van der Waals surface area (Å²) in [6.07, 6.45) is 3.24. The van der Waals surface area contributed by atoms with E-state index in [1.54, 1.807) is 35.5 Å². The number of aromatic nitrogens is 1. The molecule has 5 nitrogen and oxygen atoms in total. The molecule has 0 aliphatic carbocycles. The van der Waals surface area contributed by atoms with Crippen molar-refractivity contribution in [3.8, 4) is 11.5 Å². The van der Waals surface area contributed by atoms with Gasteiger partial charge < -0.3 is 14.7 Å². The van der Waals surface area contributed by atoms with Gasteiger partial charge in [-0.05, 0) is 34.1 Å². The Morgan fingerprint density at radius 2 is 2.25 bits per heavy atom. The lowest BCUT2D eigenvalue weighted by molar-refractivity contribution is 0.0976. The zero-order valence-electron chi connectivity index (χ0n) is 10.4. The number of hydrogen-bond acceptors (Lipinski definition) is 4. The fourth-order valence-corrected chi connectivity index (χ4v) is 2.45. The van der Waals surface area contributed by atoms with Gasteiger partial charge in [-0.2, -0.15) is 0 Å². The number of carbonyl (C=O) groups excluding carboxylic acids is 1. The summed E-state index contributed by atoms with van der Waals surface area (Å²) < 4.78 is 5.99. The van der Waals surface area contributed by atoms with Crippen LogP contribution in [0.25, 0.3) is 0 Å². The standard InChI is InChI=1S/C14H11BrN2O3/c15-10-7-9(1-2-12(10)18)14(19)17-5-6-20-13-3-4-16-8-11(13)17/h1-4,7-8,18H,5-6H2. The number of nitrogens with zero attached hydrogens (tertiary/aromatic N) is 2. The van der Waals surface area contributed by atoms with E-state index >= 15 is 0 Å². The first-order valence-corrected chi connectivity index (χ1v) is 6.83. The Bertz CT molecular complexity index is 675. The molecule has 0 radical (unpaired) electrons. The number of aromatic hydroxyl groups is 1. The number of fused-ring (bicyclic) bond motifs is 1. The van der Waals surface area contributed by atoms with E-state index in [1.165, 1.54) is 6.07 Å². The molecule has 1 aliphatic heterocycles. The van der Waals surface area contributed by atoms with Crippen LogP contribution in [0.1, 0.15) is 10.4 Å². The zero-order chi connectivity index (χ0) is 14.1. The van der Waals surface area contributed by atoms with E-state index in [4.69, 9.17) is 4.74 Å². The number of rotatable bonds is 1. The third-order valence-corrected chi connectivity index (χ3v) is 3.70. The molecule has 0 saturated carbocycles. The predicted molar refractivity (Wildman–Crippen MR) is 77.2 cm³/mol. The van der Waals surface area contributed by atoms with Crippen molar-refractivity contribution in [3.05, 3.63) is 46.7 Å². The second kappa shape index (κ2) is 5.13. The lowest BCUT2D eigenvalue weighted by Crippen LogP contribution is -2.38. The first kappa shape index (κ1) is 12.9. The van der Waals surface area contributed by atoms with Gasteiger partial charge in [0.1, 0.15) is 23.8 Å². The molecule has 2 aromatic rings. The maximum absolute atomic E-state index is 12.6. The molecule has 102 valence electrons. The van der Waals surface area contributed by atoms with Crippen LogP contribution in [0, 0.1) is 0 Å². The van der Waals surface area contributed by atoms with Crippen LogP contribution in [0.5, 0.6) is 11.5 Å². The van der Waals surface area contributed by atoms with E-state index in [2.05, 4.69) is 20.9 Å². The highest BCUT2D eigenvalue weighted by Gasteiger charge is 2.25. The Balaban J connectivity index is 1.97. The second-order valence-corrected chi connectivity index (χ2v) is 5.17. The first-order chi connectivity index (χ1) is 9.66. The van der Waals surface area contributed by atoms with Crippen molar-refractivity contribution in [3.63, 3.8) is 0 Å². The van der Waals surface area contributed by atoms with Gasteiger partial charge >= 0.3 is 0 Å². The van der Waals surface area contributed by atoms with E-state index in [9.17, 15) is 9.90 Å². The van der Waals surface area contributed by atoms with Gasteiger partial charge in [0.25, 0.3) is 5.91 Å². The number of amides is 1. The quantitative estimate of drug-likeness (QED) is 0.870. The fraction of sp³-hybridized carbons (Fsp3) is 0.143. The van der Waals surface area contributed by atoms with Gasteiger partial charge in [-0.1, -0.05) is 0 Å². The molecule has 0 spiro atoms. The highest BCUT2D eigenvalue weighted by molar-refractivity contribution is 9.10. The molecule has 1 amide bonds. The average Bonchev–Trinajstić information content (AvgIpc) is 2.49. The van der Waals surface area contributed by atoms with Crippen molar-refractivity contribution in [2.45, 2.75) is 0 Å². The third-order valence-electron chi connectivity index (χ3n) is 3.06. The lowest BCUT2D eigenvalue weighted by Gasteiger charge is -2.29. The molecule has 3 rings (SSSR count). The minimum atomic E-state index is -0.150. The van der Waals surface area contributed by atoms with Crippen molar-refractivity contribution in [2.24, 2.45) is 0 Å². The summed E-state index contributed by atoms with van der Waals surface area (Å²) >= 11 is 3.21. The minimum absolute atomic E-state index is 0.102. The molecular formula is C14H11BrN2O3. The number of phenols is 1. The number of anilines is 1. The van der Waals surface area contributed by atoms with Crippen molar-refractivity contribution in [1.29, 1.82) is 0 Å². The van der Waals surface area contributed by atoms with Gasteiger partial charge in [0.05, 0.1) is 17.2 Å². The number of halogens is 1. The Kier molecular flexibility index (Phi) is 3.31. The zero-order valence-corrected chi connectivity index (χ0v) is 12.0. The van der Waals surface area contributed by atoms with Gasteiger partial charge in [0.15, 0.2) is 0 Å². The van der Waals surface area contributed by atoms with Crippen molar-refractivity contribution in [1.82, 2.24) is 4.98 Å². The summed E-state index contributed by atoms with van der Waals surface area (Å²) in [6, 6.07) is 6.42. The van der Waals surface area contributed by atoms with Crippen LogP contribution in [0.15, 0.2) is 41.1 Å². The molecule has 0 fully saturated rings. The molecule has 0 atom stereocenters. The molecule has 1 aromatic carbocycles. The summed E-state index contributed by atoms with van der Waals surface area (Å²) in [5.41, 5.74) is 1.15. The van der Waals surface area contributed by atoms with E-state index in [1.807, 2.05) is 0 Å². The van der Waals surface area contributed by atoms with Crippen LogP contribution in [-0.2, 0) is 0 Å².